The zero-order chi connectivity index (χ0) is 52.9. The lowest BCUT2D eigenvalue weighted by Gasteiger charge is -2.47. The van der Waals surface area contributed by atoms with E-state index < -0.39 is 134 Å². The van der Waals surface area contributed by atoms with Crippen LogP contribution in [0.15, 0.2) is 29.3 Å². The van der Waals surface area contributed by atoms with Gasteiger partial charge in [-0.15, -0.1) is 5.10 Å². The first-order valence-corrected chi connectivity index (χ1v) is 24.9. The van der Waals surface area contributed by atoms with E-state index in [1.54, 1.807) is 21.5 Å². The normalized spacial score (nSPS) is 38.2. The van der Waals surface area contributed by atoms with E-state index in [-0.39, 0.29) is 49.7 Å². The number of anilines is 1. The van der Waals surface area contributed by atoms with Crippen molar-refractivity contribution in [1.29, 1.82) is 0 Å². The molecule has 3 aromatic rings. The van der Waals surface area contributed by atoms with Crippen molar-refractivity contribution < 1.29 is 78.1 Å². The molecule has 29 heteroatoms. The predicted molar refractivity (Wildman–Crippen MR) is 253 cm³/mol. The van der Waals surface area contributed by atoms with Crippen molar-refractivity contribution in [2.75, 3.05) is 57.3 Å². The third kappa shape index (κ3) is 11.2. The average Bonchev–Trinajstić information content (AvgIpc) is 4.07. The minimum atomic E-state index is -1.66. The van der Waals surface area contributed by atoms with Gasteiger partial charge in [-0.1, -0.05) is 5.21 Å². The Labute approximate surface area is 422 Å². The highest BCUT2D eigenvalue weighted by Crippen LogP contribution is 2.39. The van der Waals surface area contributed by atoms with Crippen LogP contribution in [0.5, 0.6) is 0 Å². The minimum absolute atomic E-state index is 0.0388. The van der Waals surface area contributed by atoms with Crippen molar-refractivity contribution in [2.24, 2.45) is 34.4 Å². The number of carboxylic acids is 1. The molecule has 6 heterocycles. The molecular formula is C45H69FN12O16. The monoisotopic (exact) mass is 1050 g/mol. The summed E-state index contributed by atoms with van der Waals surface area (Å²) in [4.78, 5) is 28.9. The fourth-order valence-electron chi connectivity index (χ4n) is 10.4. The molecule has 0 unspecified atom stereocenters. The SMILES string of the molecule is NC[C@@H]1O[C@H](O[C@H]2[C@@H](O)[C@H](O[C@@H]3[C@@H](O)[C@H](N)C[C@H](N)[C@H]3O[C@H]3O[C@H](CN)[C@@H](O)[C@H](O)[C@H]3N)O[C@@H]2COCc2cn(CCN3CCN(c4cc5c(cc4F)c(=O)c(C(=O)O)cn5C4CC4)CC3)nn2)[C@H](N)[C@@H](O)[C@@H]1O. The van der Waals surface area contributed by atoms with Gasteiger partial charge in [0.2, 0.25) is 5.43 Å². The number of nitrogens with zero attached hydrogens (tertiary/aromatic N) is 6. The third-order valence-corrected chi connectivity index (χ3v) is 14.9. The number of aliphatic hydroxyl groups excluding tert-OH is 6. The standard InChI is InChI=1S/C45H69FN12O16/c46-22-9-20-25(58(19-1-2-19)15-21(32(20)59)42(66)67)11-26(22)56-6-3-55(4-7-56)5-8-57-14-18(53-54-57)16-68-17-29-40(73-44-31(52)37(64)35(62)28(13-48)70-44)38(65)45(71-29)74-41-33(60)23(49)10-24(50)39(41)72-43-30(51)36(63)34(61)27(12-47)69-43/h9,11,14-15,19,23-24,27-31,33-41,43-45,60-65H,1-8,10,12-13,16-17,47-52H2,(H,66,67)/t23-,24+,27-,28+,29-,30-,31-,33+,34-,35-,36-,37-,38-,39-,40-,41-,43-,44-,45+/m1/s1. The molecular weight excluding hydrogens is 984 g/mol. The smallest absolute Gasteiger partial charge is 0.341 e. The Balaban J connectivity index is 0.825. The average molecular weight is 1050 g/mol. The second-order valence-corrected chi connectivity index (χ2v) is 20.0. The number of aliphatic hydroxyl groups is 6. The summed E-state index contributed by atoms with van der Waals surface area (Å²) in [5, 5.41) is 83.6. The van der Waals surface area contributed by atoms with E-state index in [4.69, 9.17) is 67.6 Å². The van der Waals surface area contributed by atoms with Crippen molar-refractivity contribution in [3.05, 3.63) is 51.8 Å². The van der Waals surface area contributed by atoms with Gasteiger partial charge >= 0.3 is 5.97 Å². The van der Waals surface area contributed by atoms with Crippen LogP contribution in [-0.2, 0) is 46.3 Å². The summed E-state index contributed by atoms with van der Waals surface area (Å²) in [5.74, 6) is -1.95. The lowest BCUT2D eigenvalue weighted by Crippen LogP contribution is -2.68. The van der Waals surface area contributed by atoms with Gasteiger partial charge in [-0.3, -0.25) is 14.4 Å². The maximum absolute atomic E-state index is 15.6. The Kier molecular flexibility index (Phi) is 16.9. The number of aromatic nitrogens is 4. The Hall–Kier alpha value is -4.03. The van der Waals surface area contributed by atoms with Gasteiger partial charge in [-0.2, -0.15) is 0 Å². The molecule has 74 heavy (non-hydrogen) atoms. The summed E-state index contributed by atoms with van der Waals surface area (Å²) < 4.78 is 61.4. The Morgan fingerprint density at radius 1 is 0.730 bits per heavy atom. The number of halogens is 1. The van der Waals surface area contributed by atoms with Crippen molar-refractivity contribution in [1.82, 2.24) is 24.5 Å². The molecule has 19 atom stereocenters. The molecule has 4 aliphatic heterocycles. The van der Waals surface area contributed by atoms with E-state index in [1.165, 1.54) is 6.20 Å². The van der Waals surface area contributed by atoms with Crippen LogP contribution in [-0.4, -0.2) is 235 Å². The number of hydrogen-bond donors (Lipinski definition) is 13. The molecule has 412 valence electrons. The third-order valence-electron chi connectivity index (χ3n) is 14.9. The maximum atomic E-state index is 15.6. The van der Waals surface area contributed by atoms with Gasteiger partial charge in [0.05, 0.1) is 55.3 Å². The quantitative estimate of drug-likeness (QED) is 0.0563. The molecule has 0 bridgehead atoms. The number of aromatic carboxylic acids is 1. The first-order valence-electron chi connectivity index (χ1n) is 24.9. The van der Waals surface area contributed by atoms with E-state index in [0.717, 1.165) is 18.9 Å². The number of pyridine rings is 1. The van der Waals surface area contributed by atoms with Crippen molar-refractivity contribution >= 4 is 22.6 Å². The van der Waals surface area contributed by atoms with E-state index in [1.807, 2.05) is 4.90 Å². The molecule has 19 N–H and O–H groups in total. The van der Waals surface area contributed by atoms with Gasteiger partial charge in [-0.25, -0.2) is 9.18 Å². The zero-order valence-corrected chi connectivity index (χ0v) is 40.4. The van der Waals surface area contributed by atoms with Crippen LogP contribution in [0.4, 0.5) is 10.1 Å². The summed E-state index contributed by atoms with van der Waals surface area (Å²) in [6, 6.07) is -1.58. The molecule has 0 radical (unpaired) electrons. The lowest BCUT2D eigenvalue weighted by molar-refractivity contribution is -0.307. The van der Waals surface area contributed by atoms with Crippen molar-refractivity contribution in [3.63, 3.8) is 0 Å². The highest BCUT2D eigenvalue weighted by atomic mass is 19.1. The first kappa shape index (κ1) is 54.7. The topological polar surface area (TPSA) is 439 Å². The van der Waals surface area contributed by atoms with Gasteiger partial charge in [-0.05, 0) is 31.4 Å². The number of fused-ring (bicyclic) bond motifs is 1. The molecule has 9 rings (SSSR count). The number of rotatable bonds is 18. The van der Waals surface area contributed by atoms with Crippen LogP contribution in [0.25, 0.3) is 10.9 Å². The molecule has 0 amide bonds. The van der Waals surface area contributed by atoms with Crippen LogP contribution < -0.4 is 44.7 Å². The first-order chi connectivity index (χ1) is 35.4. The Morgan fingerprint density at radius 3 is 1.95 bits per heavy atom. The molecule has 2 aliphatic carbocycles. The number of benzene rings is 1. The molecule has 2 aromatic heterocycles. The second-order valence-electron chi connectivity index (χ2n) is 20.0. The number of nitrogens with two attached hydrogens (primary N) is 6. The van der Waals surface area contributed by atoms with Crippen LogP contribution >= 0.6 is 0 Å². The van der Waals surface area contributed by atoms with Gasteiger partial charge in [0.1, 0.15) is 84.2 Å². The van der Waals surface area contributed by atoms with E-state index in [0.29, 0.717) is 56.2 Å². The molecule has 0 spiro atoms. The summed E-state index contributed by atoms with van der Waals surface area (Å²) in [6.07, 6.45) is -15.8. The molecule has 28 nitrogen and oxygen atoms in total. The minimum Gasteiger partial charge on any atom is -0.477 e. The predicted octanol–water partition coefficient (Wildman–Crippen LogP) is -6.77. The van der Waals surface area contributed by atoms with Gasteiger partial charge < -0.3 is 113 Å². The van der Waals surface area contributed by atoms with Crippen LogP contribution in [0.2, 0.25) is 0 Å². The van der Waals surface area contributed by atoms with Crippen molar-refractivity contribution in [2.45, 2.75) is 155 Å². The largest absolute Gasteiger partial charge is 0.477 e. The summed E-state index contributed by atoms with van der Waals surface area (Å²) >= 11 is 0. The summed E-state index contributed by atoms with van der Waals surface area (Å²) in [5.41, 5.74) is 36.9. The number of carbonyl (C=O) groups is 1. The van der Waals surface area contributed by atoms with Gasteiger partial charge in [0.25, 0.3) is 0 Å². The highest BCUT2D eigenvalue weighted by molar-refractivity contribution is 5.93. The lowest BCUT2D eigenvalue weighted by atomic mass is 9.84. The van der Waals surface area contributed by atoms with Crippen molar-refractivity contribution in [3.8, 4) is 0 Å². The fourth-order valence-corrected chi connectivity index (χ4v) is 10.4. The highest BCUT2D eigenvalue weighted by Gasteiger charge is 2.54. The summed E-state index contributed by atoms with van der Waals surface area (Å²) in [6.45, 7) is 2.49. The number of carboxylic acid groups (broad SMARTS) is 1. The maximum Gasteiger partial charge on any atom is 0.341 e. The summed E-state index contributed by atoms with van der Waals surface area (Å²) in [7, 11) is 0. The number of ether oxygens (including phenoxy) is 7. The Morgan fingerprint density at radius 2 is 1.34 bits per heavy atom. The molecule has 6 aliphatic rings. The zero-order valence-electron chi connectivity index (χ0n) is 40.4. The molecule has 1 aromatic carbocycles. The van der Waals surface area contributed by atoms with Gasteiger partial charge in [0.15, 0.2) is 18.9 Å². The van der Waals surface area contributed by atoms with Crippen LogP contribution in [0, 0.1) is 5.82 Å². The van der Waals surface area contributed by atoms with Crippen LogP contribution in [0.3, 0.4) is 0 Å². The van der Waals surface area contributed by atoms with Gasteiger partial charge in [0, 0.05) is 75.5 Å². The van der Waals surface area contributed by atoms with E-state index >= 15 is 4.39 Å². The van der Waals surface area contributed by atoms with E-state index in [9.17, 15) is 45.3 Å². The Bertz CT molecular complexity index is 2470. The number of piperazine rings is 1. The fraction of sp³-hybridized carbons (Fsp3) is 0.733. The van der Waals surface area contributed by atoms with Crippen LogP contribution in [0.1, 0.15) is 41.4 Å². The molecule has 6 fully saturated rings. The second kappa shape index (κ2) is 22.9. The number of hydrogen-bond acceptors (Lipinski definition) is 25. The molecule has 2 saturated carbocycles. The van der Waals surface area contributed by atoms with E-state index in [2.05, 4.69) is 15.2 Å². The molecule has 4 saturated heterocycles.